The summed E-state index contributed by atoms with van der Waals surface area (Å²) in [6.45, 7) is 0. The van der Waals surface area contributed by atoms with Crippen molar-refractivity contribution < 1.29 is 4.79 Å². The van der Waals surface area contributed by atoms with Crippen LogP contribution in [0.3, 0.4) is 0 Å². The Balaban J connectivity index is 1.64. The molecule has 1 aliphatic carbocycles. The van der Waals surface area contributed by atoms with Gasteiger partial charge in [0.1, 0.15) is 5.82 Å². The fourth-order valence-corrected chi connectivity index (χ4v) is 3.61. The number of hydrogen-bond donors (Lipinski definition) is 0. The smallest absolute Gasteiger partial charge is 0.155 e. The van der Waals surface area contributed by atoms with E-state index in [0.717, 1.165) is 42.8 Å². The van der Waals surface area contributed by atoms with E-state index >= 15 is 0 Å². The van der Waals surface area contributed by atoms with Gasteiger partial charge in [-0.3, -0.25) is 4.79 Å². The van der Waals surface area contributed by atoms with Gasteiger partial charge in [-0.25, -0.2) is 4.98 Å². The minimum absolute atomic E-state index is 0.0480. The number of imidazole rings is 1. The number of carbonyl (C=O) groups is 1. The van der Waals surface area contributed by atoms with Crippen LogP contribution in [0.4, 0.5) is 0 Å². The summed E-state index contributed by atoms with van der Waals surface area (Å²) in [5, 5.41) is 0. The maximum Gasteiger partial charge on any atom is 0.155 e. The van der Waals surface area contributed by atoms with Gasteiger partial charge in [0.2, 0.25) is 0 Å². The second kappa shape index (κ2) is 7.06. The zero-order valence-electron chi connectivity index (χ0n) is 14.3. The van der Waals surface area contributed by atoms with Gasteiger partial charge < -0.3 is 4.57 Å². The number of Topliss-reactive ketones (excluding diaryl/α,β-unsaturated/α-hetero) is 1. The van der Waals surface area contributed by atoms with Gasteiger partial charge in [0.05, 0.1) is 11.7 Å². The Morgan fingerprint density at radius 2 is 1.68 bits per heavy atom. The fraction of sp³-hybridized carbons (Fsp3) is 0.273. The summed E-state index contributed by atoms with van der Waals surface area (Å²) in [6, 6.07) is 20.6. The molecule has 0 bridgehead atoms. The average Bonchev–Trinajstić information content (AvgIpc) is 3.27. The molecule has 1 atom stereocenters. The number of carbonyl (C=O) groups excluding carboxylic acids is 1. The summed E-state index contributed by atoms with van der Waals surface area (Å²) in [4.78, 5) is 17.2. The minimum atomic E-state index is -0.0480. The zero-order chi connectivity index (χ0) is 17.1. The van der Waals surface area contributed by atoms with Gasteiger partial charge in [0.15, 0.2) is 5.78 Å². The SMILES string of the molecule is O=C1CCCC1n1cc(CCc2ccccc2)nc1-c1ccccc1. The zero-order valence-corrected chi connectivity index (χ0v) is 14.3. The van der Waals surface area contributed by atoms with Crippen LogP contribution in [-0.2, 0) is 17.6 Å². The van der Waals surface area contributed by atoms with Crippen LogP contribution < -0.4 is 0 Å². The van der Waals surface area contributed by atoms with Crippen LogP contribution in [-0.4, -0.2) is 15.3 Å². The maximum absolute atomic E-state index is 12.3. The number of ketones is 1. The standard InChI is InChI=1S/C22H22N2O/c25-21-13-7-12-20(21)24-16-19(15-14-17-8-3-1-4-9-17)23-22(24)18-10-5-2-6-11-18/h1-6,8-11,16,20H,7,12-15H2. The lowest BCUT2D eigenvalue weighted by Crippen LogP contribution is -2.13. The van der Waals surface area contributed by atoms with Crippen molar-refractivity contribution in [1.82, 2.24) is 9.55 Å². The highest BCUT2D eigenvalue weighted by Gasteiger charge is 2.28. The van der Waals surface area contributed by atoms with E-state index in [1.165, 1.54) is 5.56 Å². The molecule has 0 amide bonds. The molecule has 126 valence electrons. The van der Waals surface area contributed by atoms with Gasteiger partial charge in [0, 0.05) is 18.2 Å². The molecule has 3 nitrogen and oxygen atoms in total. The van der Waals surface area contributed by atoms with Crippen molar-refractivity contribution >= 4 is 5.78 Å². The van der Waals surface area contributed by atoms with Crippen LogP contribution in [0.1, 0.15) is 36.6 Å². The highest BCUT2D eigenvalue weighted by molar-refractivity contribution is 5.85. The van der Waals surface area contributed by atoms with Crippen molar-refractivity contribution in [1.29, 1.82) is 0 Å². The highest BCUT2D eigenvalue weighted by Crippen LogP contribution is 2.31. The van der Waals surface area contributed by atoms with Crippen LogP contribution in [0, 0.1) is 0 Å². The first-order valence-electron chi connectivity index (χ1n) is 9.01. The molecule has 25 heavy (non-hydrogen) atoms. The first-order valence-corrected chi connectivity index (χ1v) is 9.01. The van der Waals surface area contributed by atoms with Gasteiger partial charge in [-0.05, 0) is 31.2 Å². The lowest BCUT2D eigenvalue weighted by atomic mass is 10.1. The van der Waals surface area contributed by atoms with Crippen molar-refractivity contribution in [2.75, 3.05) is 0 Å². The predicted molar refractivity (Wildman–Crippen MR) is 99.4 cm³/mol. The van der Waals surface area contributed by atoms with Crippen molar-refractivity contribution in [3.05, 3.63) is 78.1 Å². The van der Waals surface area contributed by atoms with Crippen LogP contribution in [0.25, 0.3) is 11.4 Å². The number of aromatic nitrogens is 2. The maximum atomic E-state index is 12.3. The second-order valence-corrected chi connectivity index (χ2v) is 6.69. The molecule has 4 rings (SSSR count). The average molecular weight is 330 g/mol. The normalized spacial score (nSPS) is 17.1. The molecule has 0 aliphatic heterocycles. The third-order valence-electron chi connectivity index (χ3n) is 4.93. The number of aryl methyl sites for hydroxylation is 2. The van der Waals surface area contributed by atoms with Crippen molar-refractivity contribution in [2.24, 2.45) is 0 Å². The summed E-state index contributed by atoms with van der Waals surface area (Å²) in [5.41, 5.74) is 3.45. The minimum Gasteiger partial charge on any atom is -0.320 e. The molecule has 1 unspecified atom stereocenters. The lowest BCUT2D eigenvalue weighted by Gasteiger charge is -2.13. The Bertz CT molecular complexity index is 852. The molecule has 1 aliphatic rings. The number of hydrogen-bond acceptors (Lipinski definition) is 2. The largest absolute Gasteiger partial charge is 0.320 e. The van der Waals surface area contributed by atoms with Crippen molar-refractivity contribution in [3.8, 4) is 11.4 Å². The second-order valence-electron chi connectivity index (χ2n) is 6.69. The molecule has 0 spiro atoms. The van der Waals surface area contributed by atoms with Gasteiger partial charge in [-0.2, -0.15) is 0 Å². The Labute approximate surface area is 148 Å². The van der Waals surface area contributed by atoms with E-state index in [2.05, 4.69) is 47.2 Å². The van der Waals surface area contributed by atoms with E-state index < -0.39 is 0 Å². The quantitative estimate of drug-likeness (QED) is 0.683. The van der Waals surface area contributed by atoms with Crippen LogP contribution >= 0.6 is 0 Å². The summed E-state index contributed by atoms with van der Waals surface area (Å²) in [5.74, 6) is 1.26. The molecule has 3 heteroatoms. The molecule has 1 aromatic heterocycles. The first kappa shape index (κ1) is 15.8. The number of rotatable bonds is 5. The Morgan fingerprint density at radius 1 is 0.960 bits per heavy atom. The molecule has 0 N–H and O–H groups in total. The number of nitrogens with zero attached hydrogens (tertiary/aromatic N) is 2. The molecule has 1 saturated carbocycles. The molecule has 2 aromatic carbocycles. The van der Waals surface area contributed by atoms with E-state index in [0.29, 0.717) is 12.2 Å². The molecule has 0 radical (unpaired) electrons. The van der Waals surface area contributed by atoms with Crippen LogP contribution in [0.15, 0.2) is 66.9 Å². The summed E-state index contributed by atoms with van der Waals surface area (Å²) in [6.07, 6.45) is 6.54. The molecular weight excluding hydrogens is 308 g/mol. The number of benzene rings is 2. The van der Waals surface area contributed by atoms with E-state index in [1.807, 2.05) is 24.3 Å². The van der Waals surface area contributed by atoms with Crippen molar-refractivity contribution in [3.63, 3.8) is 0 Å². The summed E-state index contributed by atoms with van der Waals surface area (Å²) < 4.78 is 2.12. The predicted octanol–water partition coefficient (Wildman–Crippen LogP) is 4.63. The van der Waals surface area contributed by atoms with Crippen molar-refractivity contribution in [2.45, 2.75) is 38.1 Å². The molecular formula is C22H22N2O. The van der Waals surface area contributed by atoms with E-state index in [9.17, 15) is 4.79 Å². The molecule has 3 aromatic rings. The molecule has 1 fully saturated rings. The Kier molecular flexibility index (Phi) is 4.47. The lowest BCUT2D eigenvalue weighted by molar-refractivity contribution is -0.120. The fourth-order valence-electron chi connectivity index (χ4n) is 3.61. The Morgan fingerprint density at radius 3 is 2.36 bits per heavy atom. The topological polar surface area (TPSA) is 34.9 Å². The van der Waals surface area contributed by atoms with Crippen LogP contribution in [0.2, 0.25) is 0 Å². The first-order chi connectivity index (χ1) is 12.3. The Hall–Kier alpha value is -2.68. The third kappa shape index (κ3) is 3.41. The monoisotopic (exact) mass is 330 g/mol. The van der Waals surface area contributed by atoms with Gasteiger partial charge >= 0.3 is 0 Å². The van der Waals surface area contributed by atoms with E-state index in [4.69, 9.17) is 4.98 Å². The summed E-state index contributed by atoms with van der Waals surface area (Å²) >= 11 is 0. The summed E-state index contributed by atoms with van der Waals surface area (Å²) in [7, 11) is 0. The van der Waals surface area contributed by atoms with E-state index in [-0.39, 0.29) is 6.04 Å². The van der Waals surface area contributed by atoms with E-state index in [1.54, 1.807) is 0 Å². The third-order valence-corrected chi connectivity index (χ3v) is 4.93. The van der Waals surface area contributed by atoms with Gasteiger partial charge in [0.25, 0.3) is 0 Å². The van der Waals surface area contributed by atoms with Crippen LogP contribution in [0.5, 0.6) is 0 Å². The molecule has 1 heterocycles. The van der Waals surface area contributed by atoms with Gasteiger partial charge in [-0.15, -0.1) is 0 Å². The molecule has 0 saturated heterocycles. The highest BCUT2D eigenvalue weighted by atomic mass is 16.1. The van der Waals surface area contributed by atoms with Gasteiger partial charge in [-0.1, -0.05) is 60.7 Å².